The number of amides is 1. The highest BCUT2D eigenvalue weighted by molar-refractivity contribution is 5.94. The summed E-state index contributed by atoms with van der Waals surface area (Å²) in [5, 5.41) is 18.0. The monoisotopic (exact) mass is 377 g/mol. The van der Waals surface area contributed by atoms with Crippen LogP contribution in [0.1, 0.15) is 10.4 Å². The molecule has 0 aliphatic heterocycles. The Kier molecular flexibility index (Phi) is 4.70. The van der Waals surface area contributed by atoms with E-state index in [0.717, 1.165) is 0 Å². The summed E-state index contributed by atoms with van der Waals surface area (Å²) in [7, 11) is 0. The van der Waals surface area contributed by atoms with E-state index in [-0.39, 0.29) is 24.6 Å². The van der Waals surface area contributed by atoms with Gasteiger partial charge in [0.2, 0.25) is 0 Å². The molecular weight excluding hydrogens is 362 g/mol. The van der Waals surface area contributed by atoms with E-state index in [1.807, 2.05) is 0 Å². The molecule has 1 amide bonds. The minimum atomic E-state index is -0.270. The first-order valence-corrected chi connectivity index (χ1v) is 8.39. The van der Waals surface area contributed by atoms with Gasteiger partial charge >= 0.3 is 0 Å². The number of hydrogen-bond donors (Lipinski definition) is 1. The van der Waals surface area contributed by atoms with Gasteiger partial charge in [-0.25, -0.2) is 14.3 Å². The van der Waals surface area contributed by atoms with Crippen molar-refractivity contribution in [2.24, 2.45) is 0 Å². The zero-order chi connectivity index (χ0) is 19.3. The van der Waals surface area contributed by atoms with E-state index >= 15 is 0 Å². The summed E-state index contributed by atoms with van der Waals surface area (Å²) in [4.78, 5) is 28.4. The van der Waals surface area contributed by atoms with Gasteiger partial charge in [-0.2, -0.15) is 5.10 Å². The summed E-state index contributed by atoms with van der Waals surface area (Å²) >= 11 is 0. The first kappa shape index (κ1) is 17.3. The zero-order valence-corrected chi connectivity index (χ0v) is 14.6. The Balaban J connectivity index is 1.42. The van der Waals surface area contributed by atoms with Crippen LogP contribution >= 0.6 is 0 Å². The summed E-state index contributed by atoms with van der Waals surface area (Å²) < 4.78 is 4.45. The highest BCUT2D eigenvalue weighted by Crippen LogP contribution is 2.08. The third-order valence-corrected chi connectivity index (χ3v) is 3.95. The van der Waals surface area contributed by atoms with Crippen molar-refractivity contribution in [1.82, 2.24) is 44.9 Å². The predicted molar refractivity (Wildman–Crippen MR) is 97.1 cm³/mol. The first-order valence-electron chi connectivity index (χ1n) is 8.39. The molecule has 3 aromatic heterocycles. The fraction of sp³-hybridized carbons (Fsp3) is 0.118. The molecule has 0 aliphatic rings. The second-order valence-corrected chi connectivity index (χ2v) is 5.78. The molecule has 0 saturated heterocycles. The van der Waals surface area contributed by atoms with Crippen molar-refractivity contribution in [3.8, 4) is 11.5 Å². The maximum atomic E-state index is 12.4. The Morgan fingerprint density at radius 3 is 2.86 bits per heavy atom. The molecule has 0 bridgehead atoms. The van der Waals surface area contributed by atoms with E-state index in [2.05, 4.69) is 30.9 Å². The highest BCUT2D eigenvalue weighted by Gasteiger charge is 2.08. The van der Waals surface area contributed by atoms with Crippen molar-refractivity contribution in [2.45, 2.75) is 6.54 Å². The van der Waals surface area contributed by atoms with Gasteiger partial charge in [-0.05, 0) is 34.7 Å². The van der Waals surface area contributed by atoms with E-state index in [1.54, 1.807) is 53.6 Å². The van der Waals surface area contributed by atoms with E-state index in [4.69, 9.17) is 0 Å². The number of hydrogen-bond acceptors (Lipinski definition) is 7. The molecule has 11 heteroatoms. The molecule has 3 heterocycles. The number of carbonyl (C=O) groups excluding carboxylic acids is 1. The molecule has 0 spiro atoms. The van der Waals surface area contributed by atoms with Crippen molar-refractivity contribution in [3.05, 3.63) is 77.4 Å². The largest absolute Gasteiger partial charge is 0.350 e. The molecule has 1 N–H and O–H groups in total. The van der Waals surface area contributed by atoms with Crippen LogP contribution < -0.4 is 10.9 Å². The highest BCUT2D eigenvalue weighted by atomic mass is 16.2. The van der Waals surface area contributed by atoms with Crippen LogP contribution in [0.3, 0.4) is 0 Å². The lowest BCUT2D eigenvalue weighted by Gasteiger charge is -2.09. The second kappa shape index (κ2) is 7.61. The number of nitrogens with zero attached hydrogens (tertiary/aromatic N) is 8. The number of rotatable bonds is 6. The van der Waals surface area contributed by atoms with Gasteiger partial charge in [0, 0.05) is 30.6 Å². The second-order valence-electron chi connectivity index (χ2n) is 5.78. The average Bonchev–Trinajstić information content (AvgIpc) is 3.44. The quantitative estimate of drug-likeness (QED) is 0.495. The molecule has 4 rings (SSSR count). The molecule has 0 radical (unpaired) electrons. The van der Waals surface area contributed by atoms with E-state index < -0.39 is 0 Å². The number of carbonyl (C=O) groups is 1. The summed E-state index contributed by atoms with van der Waals surface area (Å²) in [5.41, 5.74) is 0.878. The van der Waals surface area contributed by atoms with Gasteiger partial charge in [0.25, 0.3) is 11.5 Å². The van der Waals surface area contributed by atoms with Crippen LogP contribution in [0.25, 0.3) is 11.5 Å². The van der Waals surface area contributed by atoms with Gasteiger partial charge in [0.1, 0.15) is 12.7 Å². The molecule has 0 fully saturated rings. The lowest BCUT2D eigenvalue weighted by Crippen LogP contribution is -2.32. The summed E-state index contributed by atoms with van der Waals surface area (Å²) in [6, 6.07) is 9.94. The summed E-state index contributed by atoms with van der Waals surface area (Å²) in [6.07, 6.45) is 6.40. The van der Waals surface area contributed by atoms with Crippen molar-refractivity contribution in [1.29, 1.82) is 0 Å². The Morgan fingerprint density at radius 1 is 1.14 bits per heavy atom. The van der Waals surface area contributed by atoms with E-state index in [9.17, 15) is 9.59 Å². The van der Waals surface area contributed by atoms with Crippen LogP contribution in [-0.2, 0) is 6.54 Å². The van der Waals surface area contributed by atoms with Crippen LogP contribution in [0.4, 0.5) is 0 Å². The number of tetrazole rings is 1. The van der Waals surface area contributed by atoms with Crippen molar-refractivity contribution in [3.63, 3.8) is 0 Å². The van der Waals surface area contributed by atoms with Crippen LogP contribution in [0.15, 0.2) is 66.2 Å². The van der Waals surface area contributed by atoms with Crippen molar-refractivity contribution in [2.75, 3.05) is 6.54 Å². The zero-order valence-electron chi connectivity index (χ0n) is 14.6. The Morgan fingerprint density at radius 2 is 2.07 bits per heavy atom. The Bertz CT molecular complexity index is 1130. The predicted octanol–water partition coefficient (Wildman–Crippen LogP) is -0.165. The smallest absolute Gasteiger partial charge is 0.266 e. The number of nitrogens with one attached hydrogen (secondary N) is 1. The molecule has 28 heavy (non-hydrogen) atoms. The average molecular weight is 377 g/mol. The van der Waals surface area contributed by atoms with Gasteiger partial charge in [-0.3, -0.25) is 14.2 Å². The number of imidazole rings is 1. The van der Waals surface area contributed by atoms with Crippen LogP contribution in [0, 0.1) is 0 Å². The molecule has 1 aromatic carbocycles. The lowest BCUT2D eigenvalue weighted by atomic mass is 10.2. The van der Waals surface area contributed by atoms with E-state index in [1.165, 1.54) is 21.8 Å². The fourth-order valence-corrected chi connectivity index (χ4v) is 2.58. The summed E-state index contributed by atoms with van der Waals surface area (Å²) in [5.74, 6) is 0.298. The Hall–Kier alpha value is -4.15. The topological polar surface area (TPSA) is 125 Å². The Labute approximate surface area is 158 Å². The molecule has 4 aromatic rings. The van der Waals surface area contributed by atoms with Crippen LogP contribution in [0.5, 0.6) is 0 Å². The molecule has 0 aliphatic carbocycles. The molecule has 0 atom stereocenters. The van der Waals surface area contributed by atoms with E-state index in [0.29, 0.717) is 17.1 Å². The standard InChI is InChI=1S/C17H15N9O2/c27-16-5-4-15(24-8-6-18-11-24)21-25(16)9-7-19-17(28)13-2-1-3-14(10-13)26-12-20-22-23-26/h1-6,8,10-12H,7,9H2,(H,19,28). The fourth-order valence-electron chi connectivity index (χ4n) is 2.58. The molecule has 0 unspecified atom stereocenters. The lowest BCUT2D eigenvalue weighted by molar-refractivity contribution is 0.0951. The number of benzene rings is 1. The minimum Gasteiger partial charge on any atom is -0.350 e. The first-order chi connectivity index (χ1) is 13.7. The van der Waals surface area contributed by atoms with Crippen molar-refractivity contribution < 1.29 is 4.79 Å². The van der Waals surface area contributed by atoms with Gasteiger partial charge < -0.3 is 5.32 Å². The molecule has 140 valence electrons. The van der Waals surface area contributed by atoms with Crippen molar-refractivity contribution >= 4 is 5.91 Å². The van der Waals surface area contributed by atoms with Gasteiger partial charge in [0.15, 0.2) is 5.82 Å². The minimum absolute atomic E-state index is 0.236. The van der Waals surface area contributed by atoms with Gasteiger partial charge in [-0.1, -0.05) is 6.07 Å². The maximum Gasteiger partial charge on any atom is 0.266 e. The van der Waals surface area contributed by atoms with Gasteiger partial charge in [0.05, 0.1) is 12.2 Å². The summed E-state index contributed by atoms with van der Waals surface area (Å²) in [6.45, 7) is 0.480. The molecular formula is C17H15N9O2. The normalized spacial score (nSPS) is 10.7. The molecule has 0 saturated carbocycles. The van der Waals surface area contributed by atoms with Gasteiger partial charge in [-0.15, -0.1) is 5.10 Å². The van der Waals surface area contributed by atoms with Crippen LogP contribution in [-0.4, -0.2) is 52.0 Å². The molecule has 11 nitrogen and oxygen atoms in total. The maximum absolute atomic E-state index is 12.4. The SMILES string of the molecule is O=C(NCCn1nc(-n2ccnc2)ccc1=O)c1cccc(-n2cnnn2)c1. The third kappa shape index (κ3) is 3.67. The van der Waals surface area contributed by atoms with Crippen LogP contribution in [0.2, 0.25) is 0 Å². The third-order valence-electron chi connectivity index (χ3n) is 3.95. The number of aromatic nitrogens is 8.